The normalized spacial score (nSPS) is 11.9. The van der Waals surface area contributed by atoms with Gasteiger partial charge in [0.2, 0.25) is 0 Å². The van der Waals surface area contributed by atoms with E-state index < -0.39 is 15.2 Å². The Morgan fingerprint density at radius 2 is 1.82 bits per heavy atom. The van der Waals surface area contributed by atoms with E-state index in [0.717, 1.165) is 20.6 Å². The molecule has 0 bridgehead atoms. The number of nitrogen functional groups attached to an aromatic ring is 1. The van der Waals surface area contributed by atoms with Gasteiger partial charge in [-0.3, -0.25) is 0 Å². The number of hydrogen-bond donors (Lipinski definition) is 1. The monoisotopic (exact) mass is 347 g/mol. The van der Waals surface area contributed by atoms with Crippen molar-refractivity contribution in [2.45, 2.75) is 19.6 Å². The standard InChI is InChI=1S/C17H22NOPSSi/c1-20(2,19)16-12-13(6-8-15(16)18)17-9-7-14(21-17)10-11-22(3,4)5/h6-9,12H,18H2,1-5H3. The van der Waals surface area contributed by atoms with E-state index in [1.165, 1.54) is 0 Å². The zero-order chi connectivity index (χ0) is 16.5. The molecule has 22 heavy (non-hydrogen) atoms. The first-order valence-electron chi connectivity index (χ1n) is 7.15. The average Bonchev–Trinajstić information content (AvgIpc) is 2.83. The SMILES string of the molecule is C[Si](C)(C)C#Cc1ccc(-c2ccc(N)c(P(C)(C)=O)c2)s1. The van der Waals surface area contributed by atoms with Crippen LogP contribution in [-0.4, -0.2) is 21.4 Å². The average molecular weight is 347 g/mol. The molecule has 0 fully saturated rings. The molecule has 0 amide bonds. The van der Waals surface area contributed by atoms with Crippen molar-refractivity contribution in [3.63, 3.8) is 0 Å². The van der Waals surface area contributed by atoms with Crippen LogP contribution in [0.15, 0.2) is 30.3 Å². The summed E-state index contributed by atoms with van der Waals surface area (Å²) in [5, 5.41) is 0.758. The highest BCUT2D eigenvalue weighted by Crippen LogP contribution is 2.39. The summed E-state index contributed by atoms with van der Waals surface area (Å²) in [7, 11) is -3.73. The summed E-state index contributed by atoms with van der Waals surface area (Å²) in [6.07, 6.45) is 0. The summed E-state index contributed by atoms with van der Waals surface area (Å²) in [6, 6.07) is 9.91. The predicted molar refractivity (Wildman–Crippen MR) is 103 cm³/mol. The van der Waals surface area contributed by atoms with Crippen LogP contribution in [0.5, 0.6) is 0 Å². The molecule has 5 heteroatoms. The highest BCUT2D eigenvalue weighted by Gasteiger charge is 2.16. The minimum absolute atomic E-state index is 0.604. The van der Waals surface area contributed by atoms with Crippen molar-refractivity contribution in [3.05, 3.63) is 35.2 Å². The van der Waals surface area contributed by atoms with Crippen LogP contribution in [0.3, 0.4) is 0 Å². The second-order valence-electron chi connectivity index (χ2n) is 6.79. The van der Waals surface area contributed by atoms with E-state index in [1.54, 1.807) is 24.7 Å². The molecule has 0 aliphatic heterocycles. The second-order valence-corrected chi connectivity index (χ2v) is 15.8. The quantitative estimate of drug-likeness (QED) is 0.377. The summed E-state index contributed by atoms with van der Waals surface area (Å²) in [6.45, 7) is 10.2. The van der Waals surface area contributed by atoms with Gasteiger partial charge in [0.05, 0.1) is 4.88 Å². The lowest BCUT2D eigenvalue weighted by atomic mass is 10.2. The molecule has 1 aromatic carbocycles. The van der Waals surface area contributed by atoms with Crippen LogP contribution in [-0.2, 0) is 4.57 Å². The number of nitrogens with two attached hydrogens (primary N) is 1. The fraction of sp³-hybridized carbons (Fsp3) is 0.294. The Bertz CT molecular complexity index is 802. The summed E-state index contributed by atoms with van der Waals surface area (Å²) in [4.78, 5) is 2.21. The summed E-state index contributed by atoms with van der Waals surface area (Å²) >= 11 is 1.67. The topological polar surface area (TPSA) is 43.1 Å². The Labute approximate surface area is 138 Å². The van der Waals surface area contributed by atoms with E-state index in [0.29, 0.717) is 5.69 Å². The molecule has 2 aromatic rings. The van der Waals surface area contributed by atoms with Gasteiger partial charge in [0.25, 0.3) is 0 Å². The molecule has 0 aliphatic carbocycles. The van der Waals surface area contributed by atoms with Gasteiger partial charge in [0.15, 0.2) is 0 Å². The molecule has 116 valence electrons. The molecule has 1 aromatic heterocycles. The maximum absolute atomic E-state index is 12.3. The zero-order valence-electron chi connectivity index (χ0n) is 13.7. The van der Waals surface area contributed by atoms with Crippen LogP contribution in [0.4, 0.5) is 5.69 Å². The fourth-order valence-corrected chi connectivity index (χ4v) is 4.58. The molecule has 2 rings (SSSR count). The Morgan fingerprint density at radius 1 is 1.14 bits per heavy atom. The van der Waals surface area contributed by atoms with Gasteiger partial charge in [-0.2, -0.15) is 0 Å². The fourth-order valence-electron chi connectivity index (χ4n) is 1.97. The van der Waals surface area contributed by atoms with E-state index in [9.17, 15) is 4.57 Å². The Hall–Kier alpha value is -1.27. The molecule has 0 spiro atoms. The third kappa shape index (κ3) is 4.36. The van der Waals surface area contributed by atoms with Crippen molar-refractivity contribution in [1.82, 2.24) is 0 Å². The third-order valence-electron chi connectivity index (χ3n) is 3.06. The Kier molecular flexibility index (Phi) is 4.72. The van der Waals surface area contributed by atoms with Crippen molar-refractivity contribution in [2.75, 3.05) is 19.1 Å². The maximum atomic E-state index is 12.3. The highest BCUT2D eigenvalue weighted by atomic mass is 32.1. The van der Waals surface area contributed by atoms with Gasteiger partial charge < -0.3 is 10.3 Å². The van der Waals surface area contributed by atoms with E-state index >= 15 is 0 Å². The van der Waals surface area contributed by atoms with Gasteiger partial charge in [-0.15, -0.1) is 16.9 Å². The van der Waals surface area contributed by atoms with Gasteiger partial charge in [-0.25, -0.2) is 0 Å². The number of benzene rings is 1. The molecule has 0 saturated heterocycles. The van der Waals surface area contributed by atoms with Gasteiger partial charge in [-0.1, -0.05) is 31.6 Å². The largest absolute Gasteiger partial charge is 0.398 e. The smallest absolute Gasteiger partial charge is 0.129 e. The van der Waals surface area contributed by atoms with Gasteiger partial charge >= 0.3 is 0 Å². The van der Waals surface area contributed by atoms with Crippen molar-refractivity contribution in [2.24, 2.45) is 0 Å². The molecule has 0 aliphatic rings. The molecule has 0 unspecified atom stereocenters. The number of hydrogen-bond acceptors (Lipinski definition) is 3. The van der Waals surface area contributed by atoms with Crippen LogP contribution in [0.1, 0.15) is 4.88 Å². The minimum Gasteiger partial charge on any atom is -0.398 e. The molecule has 0 radical (unpaired) electrons. The third-order valence-corrected chi connectivity index (χ3v) is 6.53. The summed E-state index contributed by atoms with van der Waals surface area (Å²) < 4.78 is 12.3. The lowest BCUT2D eigenvalue weighted by Crippen LogP contribution is -2.16. The van der Waals surface area contributed by atoms with Crippen LogP contribution < -0.4 is 11.0 Å². The van der Waals surface area contributed by atoms with Gasteiger partial charge in [0, 0.05) is 15.9 Å². The van der Waals surface area contributed by atoms with Crippen molar-refractivity contribution in [1.29, 1.82) is 0 Å². The second kappa shape index (κ2) is 6.08. The van der Waals surface area contributed by atoms with Crippen LogP contribution >= 0.6 is 18.5 Å². The number of anilines is 1. The first-order valence-corrected chi connectivity index (χ1v) is 14.1. The molecular weight excluding hydrogens is 325 g/mol. The summed E-state index contributed by atoms with van der Waals surface area (Å²) in [5.41, 5.74) is 11.0. The van der Waals surface area contributed by atoms with Crippen LogP contribution in [0.2, 0.25) is 19.6 Å². The van der Waals surface area contributed by atoms with Gasteiger partial charge in [-0.05, 0) is 43.2 Å². The summed E-state index contributed by atoms with van der Waals surface area (Å²) in [5.74, 6) is 3.28. The highest BCUT2D eigenvalue weighted by molar-refractivity contribution is 7.70. The molecule has 2 N–H and O–H groups in total. The lowest BCUT2D eigenvalue weighted by Gasteiger charge is -2.11. The van der Waals surface area contributed by atoms with Crippen LogP contribution in [0, 0.1) is 11.5 Å². The van der Waals surface area contributed by atoms with Crippen LogP contribution in [0.25, 0.3) is 10.4 Å². The number of rotatable bonds is 2. The minimum atomic E-state index is -2.37. The van der Waals surface area contributed by atoms with Crippen molar-refractivity contribution < 1.29 is 4.57 Å². The molecule has 0 saturated carbocycles. The predicted octanol–water partition coefficient (Wildman–Crippen LogP) is 4.47. The molecule has 0 atom stereocenters. The van der Waals surface area contributed by atoms with E-state index in [1.807, 2.05) is 18.2 Å². The van der Waals surface area contributed by atoms with E-state index in [-0.39, 0.29) is 0 Å². The van der Waals surface area contributed by atoms with Crippen molar-refractivity contribution in [3.8, 4) is 21.9 Å². The lowest BCUT2D eigenvalue weighted by molar-refractivity contribution is 0.588. The van der Waals surface area contributed by atoms with E-state index in [2.05, 4.69) is 43.2 Å². The first-order chi connectivity index (χ1) is 10.1. The maximum Gasteiger partial charge on any atom is 0.129 e. The zero-order valence-corrected chi connectivity index (χ0v) is 16.4. The molecule has 2 nitrogen and oxygen atoms in total. The Morgan fingerprint density at radius 3 is 2.41 bits per heavy atom. The van der Waals surface area contributed by atoms with E-state index in [4.69, 9.17) is 5.73 Å². The first kappa shape index (κ1) is 17.1. The van der Waals surface area contributed by atoms with Gasteiger partial charge in [0.1, 0.15) is 15.2 Å². The van der Waals surface area contributed by atoms with Crippen molar-refractivity contribution >= 4 is 37.5 Å². The Balaban J connectivity index is 2.40. The number of thiophene rings is 1. The molecular formula is C17H22NOPSSi. The molecule has 1 heterocycles.